The van der Waals surface area contributed by atoms with Gasteiger partial charge in [-0.25, -0.2) is 0 Å². The van der Waals surface area contributed by atoms with Crippen LogP contribution in [-0.4, -0.2) is 10.7 Å². The van der Waals surface area contributed by atoms with E-state index in [9.17, 15) is 0 Å². The second-order valence-corrected chi connectivity index (χ2v) is 16.5. The number of hydrogen-bond donors (Lipinski definition) is 0. The Morgan fingerprint density at radius 2 is 0.800 bits per heavy atom. The smallest absolute Gasteiger partial charge is 0.134 e. The van der Waals surface area contributed by atoms with Crippen LogP contribution in [0.25, 0.3) is 27.5 Å². The molecule has 9 aromatic carbocycles. The fourth-order valence-electron chi connectivity index (χ4n) is 9.76. The summed E-state index contributed by atoms with van der Waals surface area (Å²) in [6.07, 6.45) is 6.72. The molecule has 1 aliphatic carbocycles. The van der Waals surface area contributed by atoms with E-state index in [1.165, 1.54) is 5.56 Å². The fraction of sp³-hybridized carbons (Fsp3) is 0.0333. The van der Waals surface area contributed by atoms with E-state index in [1.807, 2.05) is 0 Å². The third-order valence-electron chi connectivity index (χ3n) is 12.6. The Morgan fingerprint density at radius 1 is 0.385 bits per heavy atom. The lowest BCUT2D eigenvalue weighted by Gasteiger charge is -2.29. The van der Waals surface area contributed by atoms with Gasteiger partial charge in [0.2, 0.25) is 0 Å². The largest absolute Gasteiger partial charge is 0.484 e. The average molecular weight is 837 g/mol. The van der Waals surface area contributed by atoms with Gasteiger partial charge in [-0.1, -0.05) is 115 Å². The van der Waals surface area contributed by atoms with Crippen LogP contribution in [0.1, 0.15) is 11.5 Å². The van der Waals surface area contributed by atoms with Crippen LogP contribution < -0.4 is 19.4 Å². The van der Waals surface area contributed by atoms with E-state index in [0.29, 0.717) is 0 Å². The summed E-state index contributed by atoms with van der Waals surface area (Å²) in [5, 5.41) is 2.24. The number of anilines is 8. The van der Waals surface area contributed by atoms with Gasteiger partial charge in [-0.15, -0.1) is 0 Å². The fourth-order valence-corrected chi connectivity index (χ4v) is 9.76. The van der Waals surface area contributed by atoms with E-state index in [-0.39, 0.29) is 12.0 Å². The minimum Gasteiger partial charge on any atom is -0.484 e. The molecular weight excluding hydrogens is 793 g/mol. The lowest BCUT2D eigenvalue weighted by Crippen LogP contribution is -2.23. The number of fused-ring (bicyclic) bond motifs is 7. The number of rotatable bonds is 10. The molecule has 0 amide bonds. The summed E-state index contributed by atoms with van der Waals surface area (Å²) in [6.45, 7) is 0. The number of hydrogen-bond acceptors (Lipinski definition) is 4. The molecule has 0 radical (unpaired) electrons. The first-order chi connectivity index (χ1) is 32.3. The molecule has 2 aliphatic rings. The summed E-state index contributed by atoms with van der Waals surface area (Å²) in [6, 6.07) is 84.0. The van der Waals surface area contributed by atoms with Crippen molar-refractivity contribution in [1.82, 2.24) is 4.57 Å². The molecule has 0 spiro atoms. The van der Waals surface area contributed by atoms with E-state index in [0.717, 1.165) is 84.4 Å². The third-order valence-corrected chi connectivity index (χ3v) is 12.6. The summed E-state index contributed by atoms with van der Waals surface area (Å²) in [7, 11) is 0. The molecule has 10 aromatic rings. The Morgan fingerprint density at radius 3 is 1.29 bits per heavy atom. The van der Waals surface area contributed by atoms with Crippen LogP contribution in [0.2, 0.25) is 0 Å². The zero-order valence-electron chi connectivity index (χ0n) is 35.6. The van der Waals surface area contributed by atoms with E-state index in [2.05, 4.69) is 274 Å². The van der Waals surface area contributed by atoms with Gasteiger partial charge in [-0.05, 0) is 140 Å². The third kappa shape index (κ3) is 6.82. The van der Waals surface area contributed by atoms with Crippen molar-refractivity contribution < 1.29 is 4.74 Å². The van der Waals surface area contributed by atoms with E-state index in [1.54, 1.807) is 0 Å². The lowest BCUT2D eigenvalue weighted by atomic mass is 9.89. The molecule has 0 bridgehead atoms. The molecule has 5 heteroatoms. The van der Waals surface area contributed by atoms with Crippen molar-refractivity contribution >= 4 is 67.3 Å². The average Bonchev–Trinajstić information content (AvgIpc) is 3.92. The Labute approximate surface area is 379 Å². The Balaban J connectivity index is 1.03. The number of ether oxygens (including phenoxy) is 1. The molecule has 2 atom stereocenters. The standard InChI is InChI=1S/C60H44N4O/c1-7-19-43(20-8-1)61(44-21-9-2-10-22-44)49-31-33-50(34-32-49)64-56-38-35-51(62(45-23-11-3-12-24-45)46-25-13-4-14-26-46)42-55(56)59-57(64)39-37-53-54-41-52(36-40-58(54)65-60(53)59)63(47-27-15-5-16-28-47)48-29-17-6-18-30-48/h1-42,54,58H. The highest BCUT2D eigenvalue weighted by atomic mass is 16.5. The van der Waals surface area contributed by atoms with Crippen LogP contribution in [-0.2, 0) is 0 Å². The summed E-state index contributed by atoms with van der Waals surface area (Å²) in [5.41, 5.74) is 14.4. The molecule has 0 fully saturated rings. The van der Waals surface area contributed by atoms with Gasteiger partial charge in [0.05, 0.1) is 16.4 Å². The van der Waals surface area contributed by atoms with Gasteiger partial charge in [-0.2, -0.15) is 0 Å². The van der Waals surface area contributed by atoms with Crippen LogP contribution in [0.3, 0.4) is 0 Å². The number of allylic oxidation sites excluding steroid dienone is 1. The minimum atomic E-state index is -0.138. The molecule has 1 aliphatic heterocycles. The van der Waals surface area contributed by atoms with Crippen molar-refractivity contribution in [3.05, 3.63) is 266 Å². The van der Waals surface area contributed by atoms with Crippen LogP contribution in [0.5, 0.6) is 5.75 Å². The maximum Gasteiger partial charge on any atom is 0.134 e. The first-order valence-corrected chi connectivity index (χ1v) is 22.3. The van der Waals surface area contributed by atoms with Crippen molar-refractivity contribution in [3.8, 4) is 11.4 Å². The van der Waals surface area contributed by atoms with E-state index in [4.69, 9.17) is 4.74 Å². The molecule has 2 heterocycles. The molecule has 65 heavy (non-hydrogen) atoms. The number of aromatic nitrogens is 1. The summed E-state index contributed by atoms with van der Waals surface area (Å²) >= 11 is 0. The van der Waals surface area contributed by atoms with Gasteiger partial charge in [0.15, 0.2) is 0 Å². The molecular formula is C60H44N4O. The quantitative estimate of drug-likeness (QED) is 0.137. The summed E-state index contributed by atoms with van der Waals surface area (Å²) in [4.78, 5) is 6.98. The zero-order chi connectivity index (χ0) is 43.1. The Hall–Kier alpha value is -8.54. The van der Waals surface area contributed by atoms with Crippen molar-refractivity contribution in [2.75, 3.05) is 14.7 Å². The van der Waals surface area contributed by atoms with E-state index < -0.39 is 0 Å². The molecule has 310 valence electrons. The predicted octanol–water partition coefficient (Wildman–Crippen LogP) is 15.9. The van der Waals surface area contributed by atoms with Gasteiger partial charge >= 0.3 is 0 Å². The minimum absolute atomic E-state index is 0.0253. The zero-order valence-corrected chi connectivity index (χ0v) is 35.6. The molecule has 0 N–H and O–H groups in total. The first-order valence-electron chi connectivity index (χ1n) is 22.3. The van der Waals surface area contributed by atoms with Gasteiger partial charge in [0.25, 0.3) is 0 Å². The number of para-hydroxylation sites is 6. The topological polar surface area (TPSA) is 23.9 Å². The second kappa shape index (κ2) is 16.3. The molecule has 0 saturated heterocycles. The van der Waals surface area contributed by atoms with Crippen LogP contribution in [0.4, 0.5) is 45.5 Å². The number of benzene rings is 9. The highest BCUT2D eigenvalue weighted by Gasteiger charge is 2.37. The second-order valence-electron chi connectivity index (χ2n) is 16.5. The lowest BCUT2D eigenvalue weighted by molar-refractivity contribution is 0.271. The Bertz CT molecular complexity index is 3220. The summed E-state index contributed by atoms with van der Waals surface area (Å²) < 4.78 is 9.56. The SMILES string of the molecule is C1=CC2Oc3c(ccc4c3c3cc(N(c5ccccc5)c5ccccc5)ccc3n4-c3ccc(N(c4ccccc4)c4ccccc4)cc3)C2C=C1N(c1ccccc1)c1ccccc1. The molecule has 5 nitrogen and oxygen atoms in total. The van der Waals surface area contributed by atoms with Gasteiger partial charge < -0.3 is 24.0 Å². The van der Waals surface area contributed by atoms with Crippen molar-refractivity contribution in [2.24, 2.45) is 0 Å². The Kier molecular flexibility index (Phi) is 9.57. The number of nitrogens with zero attached hydrogens (tertiary/aromatic N) is 4. The molecule has 1 aromatic heterocycles. The van der Waals surface area contributed by atoms with Crippen molar-refractivity contribution in [1.29, 1.82) is 0 Å². The molecule has 12 rings (SSSR count). The van der Waals surface area contributed by atoms with Crippen molar-refractivity contribution in [2.45, 2.75) is 12.0 Å². The highest BCUT2D eigenvalue weighted by molar-refractivity contribution is 6.14. The summed E-state index contributed by atoms with van der Waals surface area (Å²) in [5.74, 6) is 0.964. The maximum atomic E-state index is 7.16. The monoisotopic (exact) mass is 836 g/mol. The normalized spacial score (nSPS) is 14.9. The van der Waals surface area contributed by atoms with Gasteiger partial charge in [0.1, 0.15) is 11.9 Å². The van der Waals surface area contributed by atoms with Gasteiger partial charge in [0, 0.05) is 73.8 Å². The molecule has 0 saturated carbocycles. The predicted molar refractivity (Wildman–Crippen MR) is 270 cm³/mol. The maximum absolute atomic E-state index is 7.16. The van der Waals surface area contributed by atoms with Gasteiger partial charge in [-0.3, -0.25) is 0 Å². The molecule has 2 unspecified atom stereocenters. The first kappa shape index (κ1) is 38.2. The van der Waals surface area contributed by atoms with E-state index >= 15 is 0 Å². The highest BCUT2D eigenvalue weighted by Crippen LogP contribution is 2.51. The van der Waals surface area contributed by atoms with Crippen LogP contribution >= 0.6 is 0 Å². The van der Waals surface area contributed by atoms with Crippen LogP contribution in [0.15, 0.2) is 261 Å². The van der Waals surface area contributed by atoms with Crippen LogP contribution in [0, 0.1) is 0 Å². The van der Waals surface area contributed by atoms with Crippen molar-refractivity contribution in [3.63, 3.8) is 0 Å².